The largest absolute Gasteiger partial charge is 0.378 e. The van der Waals surface area contributed by atoms with Crippen LogP contribution in [-0.2, 0) is 0 Å². The molecule has 4 heteroatoms. The number of aromatic amines is 1. The molecule has 2 rings (SSSR count). The molecule has 2 N–H and O–H groups in total. The maximum atomic E-state index is 3.84. The number of nitrogens with zero attached hydrogens (tertiary/aromatic N) is 1. The lowest BCUT2D eigenvalue weighted by molar-refractivity contribution is 0.883. The summed E-state index contributed by atoms with van der Waals surface area (Å²) in [7, 11) is 0. The molecule has 1 aromatic rings. The lowest BCUT2D eigenvalue weighted by atomic mass is 10.3. The second-order valence-corrected chi connectivity index (χ2v) is 3.44. The Morgan fingerprint density at radius 3 is 3.10 bits per heavy atom. The zero-order chi connectivity index (χ0) is 6.81. The molecule has 54 valence electrons. The normalized spacial score (nSPS) is 18.4. The van der Waals surface area contributed by atoms with Crippen LogP contribution in [0, 0.1) is 0 Å². The number of rotatable bonds is 2. The van der Waals surface area contributed by atoms with Crippen LogP contribution >= 0.6 is 11.8 Å². The van der Waals surface area contributed by atoms with Gasteiger partial charge >= 0.3 is 0 Å². The molecule has 10 heavy (non-hydrogen) atoms. The number of hydrogen-bond donors (Lipinski definition) is 2. The fourth-order valence-corrected chi connectivity index (χ4v) is 1.52. The summed E-state index contributed by atoms with van der Waals surface area (Å²) in [6.45, 7) is 0. The van der Waals surface area contributed by atoms with Gasteiger partial charge in [-0.2, -0.15) is 16.9 Å². The van der Waals surface area contributed by atoms with E-state index in [0.29, 0.717) is 6.04 Å². The quantitative estimate of drug-likeness (QED) is 0.667. The lowest BCUT2D eigenvalue weighted by Gasteiger charge is -2.25. The molecule has 0 aliphatic carbocycles. The summed E-state index contributed by atoms with van der Waals surface area (Å²) >= 11 is 1.97. The Morgan fingerprint density at radius 2 is 2.60 bits per heavy atom. The number of nitrogens with one attached hydrogen (secondary N) is 2. The van der Waals surface area contributed by atoms with E-state index < -0.39 is 0 Å². The average molecular weight is 155 g/mol. The first-order valence-corrected chi connectivity index (χ1v) is 4.44. The summed E-state index contributed by atoms with van der Waals surface area (Å²) in [5.74, 6) is 2.45. The van der Waals surface area contributed by atoms with Gasteiger partial charge in [0.1, 0.15) is 0 Å². The molecule has 1 fully saturated rings. The van der Waals surface area contributed by atoms with Crippen LogP contribution in [0.2, 0.25) is 0 Å². The maximum Gasteiger partial charge on any atom is 0.0726 e. The molecular formula is C6H9N3S. The molecule has 0 saturated carbocycles. The van der Waals surface area contributed by atoms with Gasteiger partial charge in [0.05, 0.1) is 11.9 Å². The summed E-state index contributed by atoms with van der Waals surface area (Å²) in [4.78, 5) is 0. The van der Waals surface area contributed by atoms with E-state index in [-0.39, 0.29) is 0 Å². The Kier molecular flexibility index (Phi) is 1.55. The highest BCUT2D eigenvalue weighted by atomic mass is 32.2. The topological polar surface area (TPSA) is 40.7 Å². The van der Waals surface area contributed by atoms with Gasteiger partial charge in [-0.1, -0.05) is 0 Å². The van der Waals surface area contributed by atoms with Gasteiger partial charge in [0.25, 0.3) is 0 Å². The third kappa shape index (κ3) is 1.11. The summed E-state index contributed by atoms with van der Waals surface area (Å²) in [5, 5.41) is 9.95. The first kappa shape index (κ1) is 6.09. The number of hydrogen-bond acceptors (Lipinski definition) is 3. The van der Waals surface area contributed by atoms with E-state index in [1.807, 2.05) is 24.2 Å². The van der Waals surface area contributed by atoms with Crippen LogP contribution in [0.15, 0.2) is 12.4 Å². The van der Waals surface area contributed by atoms with Crippen molar-refractivity contribution in [3.8, 4) is 0 Å². The number of H-pyrrole nitrogens is 1. The van der Waals surface area contributed by atoms with Crippen molar-refractivity contribution in [1.82, 2.24) is 10.2 Å². The van der Waals surface area contributed by atoms with Crippen molar-refractivity contribution in [2.24, 2.45) is 0 Å². The van der Waals surface area contributed by atoms with Gasteiger partial charge in [0, 0.05) is 23.7 Å². The highest BCUT2D eigenvalue weighted by Crippen LogP contribution is 2.20. The molecule has 0 atom stereocenters. The fourth-order valence-electron chi connectivity index (χ4n) is 0.885. The first-order chi connectivity index (χ1) is 4.95. The number of anilines is 1. The van der Waals surface area contributed by atoms with Crippen LogP contribution in [0.4, 0.5) is 5.69 Å². The van der Waals surface area contributed by atoms with Crippen LogP contribution in [0.1, 0.15) is 0 Å². The summed E-state index contributed by atoms with van der Waals surface area (Å²) in [6.07, 6.45) is 3.69. The van der Waals surface area contributed by atoms with Crippen molar-refractivity contribution in [3.63, 3.8) is 0 Å². The molecular weight excluding hydrogens is 146 g/mol. The summed E-state index contributed by atoms with van der Waals surface area (Å²) < 4.78 is 0. The predicted molar refractivity (Wildman–Crippen MR) is 43.3 cm³/mol. The average Bonchev–Trinajstić information content (AvgIpc) is 2.29. The molecule has 0 spiro atoms. The van der Waals surface area contributed by atoms with Gasteiger partial charge in [-0.15, -0.1) is 0 Å². The van der Waals surface area contributed by atoms with E-state index in [1.165, 1.54) is 11.5 Å². The lowest BCUT2D eigenvalue weighted by Crippen LogP contribution is -2.32. The smallest absolute Gasteiger partial charge is 0.0726 e. The molecule has 0 amide bonds. The minimum Gasteiger partial charge on any atom is -0.378 e. The van der Waals surface area contributed by atoms with E-state index in [0.717, 1.165) is 5.69 Å². The van der Waals surface area contributed by atoms with E-state index in [2.05, 4.69) is 15.5 Å². The third-order valence-electron chi connectivity index (χ3n) is 1.51. The molecule has 1 aliphatic rings. The molecule has 0 aromatic carbocycles. The monoisotopic (exact) mass is 155 g/mol. The second-order valence-electron chi connectivity index (χ2n) is 2.37. The maximum absolute atomic E-state index is 3.84. The molecule has 0 bridgehead atoms. The molecule has 0 unspecified atom stereocenters. The van der Waals surface area contributed by atoms with Gasteiger partial charge in [-0.3, -0.25) is 5.10 Å². The molecule has 3 nitrogen and oxygen atoms in total. The van der Waals surface area contributed by atoms with E-state index in [9.17, 15) is 0 Å². The van der Waals surface area contributed by atoms with Crippen molar-refractivity contribution < 1.29 is 0 Å². The zero-order valence-corrected chi connectivity index (χ0v) is 6.32. The Morgan fingerprint density at radius 1 is 1.70 bits per heavy atom. The Labute approximate surface area is 63.6 Å². The minimum absolute atomic E-state index is 0.669. The van der Waals surface area contributed by atoms with Crippen molar-refractivity contribution >= 4 is 17.4 Å². The Hall–Kier alpha value is -0.640. The first-order valence-electron chi connectivity index (χ1n) is 3.28. The Balaban J connectivity index is 1.90. The summed E-state index contributed by atoms with van der Waals surface area (Å²) in [6, 6.07) is 0.669. The van der Waals surface area contributed by atoms with Crippen LogP contribution < -0.4 is 5.32 Å². The highest BCUT2D eigenvalue weighted by molar-refractivity contribution is 8.00. The minimum atomic E-state index is 0.669. The van der Waals surface area contributed by atoms with E-state index in [1.54, 1.807) is 0 Å². The standard InChI is InChI=1S/C6H9N3S/c1-5(2-8-7-1)9-6-3-10-4-6/h1-2,6,9H,3-4H2,(H,7,8). The molecule has 2 heterocycles. The third-order valence-corrected chi connectivity index (χ3v) is 2.78. The van der Waals surface area contributed by atoms with Gasteiger partial charge in [0.15, 0.2) is 0 Å². The highest BCUT2D eigenvalue weighted by Gasteiger charge is 2.17. The van der Waals surface area contributed by atoms with E-state index >= 15 is 0 Å². The predicted octanol–water partition coefficient (Wildman–Crippen LogP) is 0.937. The molecule has 0 radical (unpaired) electrons. The fraction of sp³-hybridized carbons (Fsp3) is 0.500. The van der Waals surface area contributed by atoms with Crippen LogP contribution in [-0.4, -0.2) is 27.7 Å². The van der Waals surface area contributed by atoms with Crippen molar-refractivity contribution in [3.05, 3.63) is 12.4 Å². The van der Waals surface area contributed by atoms with E-state index in [4.69, 9.17) is 0 Å². The van der Waals surface area contributed by atoms with Crippen LogP contribution in [0.3, 0.4) is 0 Å². The zero-order valence-electron chi connectivity index (χ0n) is 5.50. The van der Waals surface area contributed by atoms with Gasteiger partial charge in [0.2, 0.25) is 0 Å². The van der Waals surface area contributed by atoms with Gasteiger partial charge in [-0.25, -0.2) is 0 Å². The Bertz CT molecular complexity index is 193. The van der Waals surface area contributed by atoms with Gasteiger partial charge < -0.3 is 5.32 Å². The van der Waals surface area contributed by atoms with Crippen LogP contribution in [0.25, 0.3) is 0 Å². The van der Waals surface area contributed by atoms with Crippen molar-refractivity contribution in [2.75, 3.05) is 16.8 Å². The van der Waals surface area contributed by atoms with Crippen LogP contribution in [0.5, 0.6) is 0 Å². The SMILES string of the molecule is c1n[nH]cc1NC1CSC1. The van der Waals surface area contributed by atoms with Crippen molar-refractivity contribution in [1.29, 1.82) is 0 Å². The molecule has 1 aliphatic heterocycles. The van der Waals surface area contributed by atoms with Gasteiger partial charge in [-0.05, 0) is 0 Å². The van der Waals surface area contributed by atoms with Crippen molar-refractivity contribution in [2.45, 2.75) is 6.04 Å². The summed E-state index contributed by atoms with van der Waals surface area (Å²) in [5.41, 5.74) is 1.10. The molecule has 1 saturated heterocycles. The number of thioether (sulfide) groups is 1. The molecule has 1 aromatic heterocycles. The second kappa shape index (κ2) is 2.54. The number of aromatic nitrogens is 2.